The second-order valence-corrected chi connectivity index (χ2v) is 5.64. The number of ether oxygens (including phenoxy) is 2. The second-order valence-electron chi connectivity index (χ2n) is 5.64. The molecule has 6 nitrogen and oxygen atoms in total. The van der Waals surface area contributed by atoms with Gasteiger partial charge in [-0.3, -0.25) is 10.1 Å². The van der Waals surface area contributed by atoms with Crippen molar-refractivity contribution in [3.8, 4) is 22.6 Å². The van der Waals surface area contributed by atoms with Gasteiger partial charge in [0, 0.05) is 0 Å². The van der Waals surface area contributed by atoms with Crippen LogP contribution in [-0.4, -0.2) is 25.3 Å². The molecule has 1 heterocycles. The number of rotatable bonds is 5. The van der Waals surface area contributed by atoms with E-state index in [1.165, 1.54) is 32.5 Å². The molecule has 0 spiro atoms. The van der Waals surface area contributed by atoms with E-state index in [2.05, 4.69) is 10.5 Å². The summed E-state index contributed by atoms with van der Waals surface area (Å²) >= 11 is 0. The minimum Gasteiger partial charge on any atom is -0.496 e. The van der Waals surface area contributed by atoms with Crippen LogP contribution in [0.15, 0.2) is 53.2 Å². The maximum atomic E-state index is 12.7. The van der Waals surface area contributed by atoms with E-state index >= 15 is 0 Å². The number of hydrogen-bond acceptors (Lipinski definition) is 5. The Kier molecular flexibility index (Phi) is 5.25. The Labute approximate surface area is 157 Å². The molecule has 0 saturated heterocycles. The van der Waals surface area contributed by atoms with E-state index < -0.39 is 17.6 Å². The van der Waals surface area contributed by atoms with Crippen molar-refractivity contribution in [1.29, 1.82) is 0 Å². The average molecular weight is 392 g/mol. The molecule has 0 aliphatic carbocycles. The minimum absolute atomic E-state index is 0.0160. The molecule has 3 rings (SSSR count). The number of hydrogen-bond donors (Lipinski definition) is 1. The molecule has 0 fully saturated rings. The third-order valence-corrected chi connectivity index (χ3v) is 3.98. The highest BCUT2D eigenvalue weighted by Gasteiger charge is 2.30. The zero-order valence-corrected chi connectivity index (χ0v) is 14.8. The molecule has 0 aliphatic rings. The van der Waals surface area contributed by atoms with Crippen LogP contribution < -0.4 is 14.8 Å². The van der Waals surface area contributed by atoms with Crippen LogP contribution in [-0.2, 0) is 6.18 Å². The number of alkyl halides is 3. The number of methoxy groups -OCH3 is 2. The van der Waals surface area contributed by atoms with Crippen molar-refractivity contribution in [2.75, 3.05) is 19.5 Å². The predicted octanol–water partition coefficient (Wildman–Crippen LogP) is 4.63. The van der Waals surface area contributed by atoms with E-state index in [-0.39, 0.29) is 22.9 Å². The van der Waals surface area contributed by atoms with E-state index in [0.717, 1.165) is 12.1 Å². The third-order valence-electron chi connectivity index (χ3n) is 3.98. The molecular weight excluding hydrogens is 377 g/mol. The van der Waals surface area contributed by atoms with Crippen LogP contribution >= 0.6 is 0 Å². The largest absolute Gasteiger partial charge is 0.496 e. The Bertz CT molecular complexity index is 959. The van der Waals surface area contributed by atoms with Crippen molar-refractivity contribution in [1.82, 2.24) is 5.16 Å². The Balaban J connectivity index is 1.90. The SMILES string of the molecule is COc1cccc(OC)c1C(=O)Nc1oncc1-c1ccc(C(F)(F)F)cc1. The van der Waals surface area contributed by atoms with Crippen LogP contribution in [0.2, 0.25) is 0 Å². The highest BCUT2D eigenvalue weighted by atomic mass is 19.4. The number of nitrogens with one attached hydrogen (secondary N) is 1. The maximum Gasteiger partial charge on any atom is 0.416 e. The average Bonchev–Trinajstić information content (AvgIpc) is 3.14. The number of carbonyl (C=O) groups excluding carboxylic acids is 1. The van der Waals surface area contributed by atoms with E-state index in [1.807, 2.05) is 0 Å². The number of benzene rings is 2. The number of carbonyl (C=O) groups is 1. The fraction of sp³-hybridized carbons (Fsp3) is 0.158. The summed E-state index contributed by atoms with van der Waals surface area (Å²) in [7, 11) is 2.82. The zero-order valence-electron chi connectivity index (χ0n) is 14.8. The van der Waals surface area contributed by atoms with Gasteiger partial charge >= 0.3 is 6.18 Å². The molecule has 0 radical (unpaired) electrons. The second kappa shape index (κ2) is 7.63. The van der Waals surface area contributed by atoms with E-state index in [0.29, 0.717) is 11.1 Å². The lowest BCUT2D eigenvalue weighted by atomic mass is 10.1. The van der Waals surface area contributed by atoms with Gasteiger partial charge in [0.15, 0.2) is 0 Å². The summed E-state index contributed by atoms with van der Waals surface area (Å²) in [6, 6.07) is 9.28. The Morgan fingerprint density at radius 3 is 2.18 bits per heavy atom. The van der Waals surface area contributed by atoms with E-state index in [1.54, 1.807) is 18.2 Å². The lowest BCUT2D eigenvalue weighted by Crippen LogP contribution is -2.14. The Morgan fingerprint density at radius 2 is 1.64 bits per heavy atom. The first-order valence-corrected chi connectivity index (χ1v) is 7.99. The van der Waals surface area contributed by atoms with Gasteiger partial charge in [-0.2, -0.15) is 13.2 Å². The van der Waals surface area contributed by atoms with Crippen LogP contribution in [0.1, 0.15) is 15.9 Å². The lowest BCUT2D eigenvalue weighted by molar-refractivity contribution is -0.137. The standard InChI is InChI=1S/C19H15F3N2O4/c1-26-14-4-3-5-15(27-2)16(14)17(25)24-18-13(10-23-28-18)11-6-8-12(9-7-11)19(20,21)22/h3-10H,1-2H3,(H,24,25). The molecule has 0 atom stereocenters. The zero-order chi connectivity index (χ0) is 20.3. The summed E-state index contributed by atoms with van der Waals surface area (Å²) in [5, 5.41) is 6.18. The molecular formula is C19H15F3N2O4. The molecule has 28 heavy (non-hydrogen) atoms. The van der Waals surface area contributed by atoms with Gasteiger partial charge in [0.1, 0.15) is 17.1 Å². The van der Waals surface area contributed by atoms with Gasteiger partial charge in [0.2, 0.25) is 5.88 Å². The number of nitrogens with zero attached hydrogens (tertiary/aromatic N) is 1. The van der Waals surface area contributed by atoms with Crippen molar-refractivity contribution in [3.63, 3.8) is 0 Å². The van der Waals surface area contributed by atoms with Gasteiger partial charge in [-0.1, -0.05) is 23.4 Å². The molecule has 2 aromatic carbocycles. The quantitative estimate of drug-likeness (QED) is 0.685. The van der Waals surface area contributed by atoms with Crippen LogP contribution in [0.4, 0.5) is 19.1 Å². The highest BCUT2D eigenvalue weighted by molar-refractivity contribution is 6.08. The lowest BCUT2D eigenvalue weighted by Gasteiger charge is -2.12. The molecule has 146 valence electrons. The monoisotopic (exact) mass is 392 g/mol. The van der Waals surface area contributed by atoms with Crippen LogP contribution in [0.25, 0.3) is 11.1 Å². The smallest absolute Gasteiger partial charge is 0.416 e. The van der Waals surface area contributed by atoms with Gasteiger partial charge in [0.25, 0.3) is 5.91 Å². The first kappa shape index (κ1) is 19.3. The Morgan fingerprint density at radius 1 is 1.04 bits per heavy atom. The summed E-state index contributed by atoms with van der Waals surface area (Å²) in [6.07, 6.45) is -3.14. The van der Waals surface area contributed by atoms with Crippen LogP contribution in [0.5, 0.6) is 11.5 Å². The van der Waals surface area contributed by atoms with Crippen LogP contribution in [0, 0.1) is 0 Å². The maximum absolute atomic E-state index is 12.7. The molecule has 9 heteroatoms. The molecule has 0 unspecified atom stereocenters. The molecule has 0 aliphatic heterocycles. The van der Waals surface area contributed by atoms with Gasteiger partial charge in [-0.15, -0.1) is 0 Å². The summed E-state index contributed by atoms with van der Waals surface area (Å²) in [5.41, 5.74) is 0.0896. The fourth-order valence-corrected chi connectivity index (χ4v) is 2.61. The molecule has 1 amide bonds. The van der Waals surface area contributed by atoms with Crippen molar-refractivity contribution >= 4 is 11.8 Å². The number of aromatic nitrogens is 1. The highest BCUT2D eigenvalue weighted by Crippen LogP contribution is 2.34. The minimum atomic E-state index is -4.44. The number of amides is 1. The van der Waals surface area contributed by atoms with E-state index in [9.17, 15) is 18.0 Å². The molecule has 0 saturated carbocycles. The molecule has 1 N–H and O–H groups in total. The van der Waals surface area contributed by atoms with Crippen molar-refractivity contribution < 1.29 is 32.0 Å². The van der Waals surface area contributed by atoms with Gasteiger partial charge in [0.05, 0.1) is 31.5 Å². The van der Waals surface area contributed by atoms with E-state index in [4.69, 9.17) is 14.0 Å². The normalized spacial score (nSPS) is 11.2. The van der Waals surface area contributed by atoms with Gasteiger partial charge in [-0.05, 0) is 29.8 Å². The van der Waals surface area contributed by atoms with Crippen molar-refractivity contribution in [2.24, 2.45) is 0 Å². The number of anilines is 1. The summed E-state index contributed by atoms with van der Waals surface area (Å²) < 4.78 is 53.7. The summed E-state index contributed by atoms with van der Waals surface area (Å²) in [4.78, 5) is 12.7. The topological polar surface area (TPSA) is 73.6 Å². The van der Waals surface area contributed by atoms with Crippen molar-refractivity contribution in [2.45, 2.75) is 6.18 Å². The van der Waals surface area contributed by atoms with Crippen LogP contribution in [0.3, 0.4) is 0 Å². The van der Waals surface area contributed by atoms with Crippen molar-refractivity contribution in [3.05, 3.63) is 59.8 Å². The van der Waals surface area contributed by atoms with Gasteiger partial charge in [-0.25, -0.2) is 0 Å². The molecule has 0 bridgehead atoms. The fourth-order valence-electron chi connectivity index (χ4n) is 2.61. The summed E-state index contributed by atoms with van der Waals surface area (Å²) in [5.74, 6) is -0.0307. The summed E-state index contributed by atoms with van der Waals surface area (Å²) in [6.45, 7) is 0. The molecule has 1 aromatic heterocycles. The first-order chi connectivity index (χ1) is 13.3. The first-order valence-electron chi connectivity index (χ1n) is 7.99. The third kappa shape index (κ3) is 3.78. The van der Waals surface area contributed by atoms with Gasteiger partial charge < -0.3 is 14.0 Å². The number of halogens is 3. The Hall–Kier alpha value is -3.49. The predicted molar refractivity (Wildman–Crippen MR) is 94.4 cm³/mol. The molecule has 3 aromatic rings.